The second-order valence-electron chi connectivity index (χ2n) is 5.38. The molecule has 0 aromatic carbocycles. The number of carbonyl (C=O) groups excluding carboxylic acids is 1. The number of nitrogens with zero attached hydrogens (tertiary/aromatic N) is 1. The number of nitrogens with one attached hydrogen (secondary N) is 1. The Morgan fingerprint density at radius 2 is 2.09 bits per heavy atom. The van der Waals surface area contributed by atoms with E-state index in [0.29, 0.717) is 6.42 Å². The van der Waals surface area contributed by atoms with E-state index in [0.717, 1.165) is 0 Å². The van der Waals surface area contributed by atoms with Crippen LogP contribution in [0.4, 0.5) is 22.4 Å². The number of amides is 2. The molecule has 1 atom stereocenters. The number of rotatable bonds is 7. The van der Waals surface area contributed by atoms with Gasteiger partial charge < -0.3 is 20.1 Å². The third kappa shape index (κ3) is 4.72. The standard InChI is InChI=1S/C12H18F4N2O4/c1-11(9(19)20)2-4-18(6-11)10(21)17-3-5-22-7-12(15,16)8(13)14/h8H,2-7H2,1H3,(H,17,21)(H,19,20). The van der Waals surface area contributed by atoms with Crippen molar-refractivity contribution in [1.29, 1.82) is 0 Å². The van der Waals surface area contributed by atoms with Gasteiger partial charge in [-0.2, -0.15) is 8.78 Å². The molecular weight excluding hydrogens is 312 g/mol. The number of alkyl halides is 4. The molecule has 10 heteroatoms. The molecule has 0 aromatic heterocycles. The minimum absolute atomic E-state index is 0.0402. The monoisotopic (exact) mass is 330 g/mol. The van der Waals surface area contributed by atoms with Gasteiger partial charge in [0.25, 0.3) is 0 Å². The highest BCUT2D eigenvalue weighted by molar-refractivity contribution is 5.79. The highest BCUT2D eigenvalue weighted by Gasteiger charge is 2.42. The van der Waals surface area contributed by atoms with E-state index in [9.17, 15) is 27.2 Å². The van der Waals surface area contributed by atoms with Crippen LogP contribution in [0.25, 0.3) is 0 Å². The van der Waals surface area contributed by atoms with Gasteiger partial charge in [-0.3, -0.25) is 4.79 Å². The van der Waals surface area contributed by atoms with Crippen molar-refractivity contribution in [2.75, 3.05) is 32.8 Å². The number of likely N-dealkylation sites (tertiary alicyclic amines) is 1. The normalized spacial score (nSPS) is 22.2. The van der Waals surface area contributed by atoms with Crippen LogP contribution in [-0.2, 0) is 9.53 Å². The summed E-state index contributed by atoms with van der Waals surface area (Å²) in [5.41, 5.74) is -1.01. The lowest BCUT2D eigenvalue weighted by Gasteiger charge is -2.20. The number of aliphatic carboxylic acids is 1. The minimum atomic E-state index is -4.22. The Kier molecular flexibility index (Phi) is 5.98. The van der Waals surface area contributed by atoms with Gasteiger partial charge in [0.15, 0.2) is 0 Å². The molecule has 1 unspecified atom stereocenters. The first kappa shape index (κ1) is 18.5. The van der Waals surface area contributed by atoms with E-state index in [1.54, 1.807) is 0 Å². The highest BCUT2D eigenvalue weighted by atomic mass is 19.3. The maximum Gasteiger partial charge on any atom is 0.330 e. The molecule has 128 valence electrons. The van der Waals surface area contributed by atoms with E-state index < -0.39 is 36.4 Å². The molecule has 0 saturated carbocycles. The molecule has 1 rings (SSSR count). The van der Waals surface area contributed by atoms with Gasteiger partial charge >= 0.3 is 24.3 Å². The topological polar surface area (TPSA) is 78.9 Å². The molecule has 1 saturated heterocycles. The van der Waals surface area contributed by atoms with Crippen LogP contribution in [0.1, 0.15) is 13.3 Å². The molecule has 2 N–H and O–H groups in total. The van der Waals surface area contributed by atoms with Crippen LogP contribution in [0.15, 0.2) is 0 Å². The lowest BCUT2D eigenvalue weighted by Crippen LogP contribution is -2.42. The van der Waals surface area contributed by atoms with Crippen molar-refractivity contribution in [3.63, 3.8) is 0 Å². The molecule has 0 bridgehead atoms. The maximum absolute atomic E-state index is 12.5. The van der Waals surface area contributed by atoms with Crippen molar-refractivity contribution in [2.24, 2.45) is 5.41 Å². The SMILES string of the molecule is CC1(C(=O)O)CCN(C(=O)NCCOCC(F)(F)C(F)F)C1. The third-order valence-electron chi connectivity index (χ3n) is 3.41. The Morgan fingerprint density at radius 1 is 1.45 bits per heavy atom. The van der Waals surface area contributed by atoms with Gasteiger partial charge in [-0.05, 0) is 13.3 Å². The molecule has 0 radical (unpaired) electrons. The van der Waals surface area contributed by atoms with Crippen molar-refractivity contribution in [1.82, 2.24) is 10.2 Å². The maximum atomic E-state index is 12.5. The van der Waals surface area contributed by atoms with Gasteiger partial charge in [-0.25, -0.2) is 13.6 Å². The van der Waals surface area contributed by atoms with Crippen LogP contribution in [0, 0.1) is 5.41 Å². The van der Waals surface area contributed by atoms with Crippen LogP contribution >= 0.6 is 0 Å². The predicted octanol–water partition coefficient (Wildman–Crippen LogP) is 1.41. The Balaban J connectivity index is 2.24. The van der Waals surface area contributed by atoms with E-state index in [1.807, 2.05) is 0 Å². The van der Waals surface area contributed by atoms with Gasteiger partial charge in [0.2, 0.25) is 0 Å². The number of carbonyl (C=O) groups is 2. The quantitative estimate of drug-likeness (QED) is 0.546. The van der Waals surface area contributed by atoms with Crippen molar-refractivity contribution in [3.05, 3.63) is 0 Å². The average molecular weight is 330 g/mol. The molecule has 1 aliphatic heterocycles. The van der Waals surface area contributed by atoms with Gasteiger partial charge in [0, 0.05) is 19.6 Å². The lowest BCUT2D eigenvalue weighted by atomic mass is 9.90. The number of hydrogen-bond acceptors (Lipinski definition) is 3. The van der Waals surface area contributed by atoms with Gasteiger partial charge in [-0.1, -0.05) is 0 Å². The Bertz CT molecular complexity index is 422. The molecule has 0 aliphatic carbocycles. The number of carboxylic acid groups (broad SMARTS) is 1. The van der Waals surface area contributed by atoms with E-state index in [-0.39, 0.29) is 26.2 Å². The average Bonchev–Trinajstić information content (AvgIpc) is 2.82. The van der Waals surface area contributed by atoms with Crippen LogP contribution in [0.2, 0.25) is 0 Å². The van der Waals surface area contributed by atoms with Gasteiger partial charge in [0.05, 0.1) is 12.0 Å². The van der Waals surface area contributed by atoms with Crippen LogP contribution in [0.5, 0.6) is 0 Å². The molecule has 0 aromatic rings. The van der Waals surface area contributed by atoms with Crippen molar-refractivity contribution < 1.29 is 37.0 Å². The van der Waals surface area contributed by atoms with Gasteiger partial charge in [0.1, 0.15) is 6.61 Å². The molecule has 1 heterocycles. The zero-order valence-electron chi connectivity index (χ0n) is 12.0. The zero-order valence-corrected chi connectivity index (χ0v) is 12.0. The molecule has 1 aliphatic rings. The first-order valence-electron chi connectivity index (χ1n) is 6.58. The van der Waals surface area contributed by atoms with E-state index >= 15 is 0 Å². The molecular formula is C12H18F4N2O4. The van der Waals surface area contributed by atoms with Crippen molar-refractivity contribution >= 4 is 12.0 Å². The molecule has 2 amide bonds. The largest absolute Gasteiger partial charge is 0.481 e. The minimum Gasteiger partial charge on any atom is -0.481 e. The number of halogens is 4. The van der Waals surface area contributed by atoms with Gasteiger partial charge in [-0.15, -0.1) is 0 Å². The highest BCUT2D eigenvalue weighted by Crippen LogP contribution is 2.29. The Morgan fingerprint density at radius 3 is 2.59 bits per heavy atom. The summed E-state index contributed by atoms with van der Waals surface area (Å²) in [5, 5.41) is 11.4. The second kappa shape index (κ2) is 7.12. The van der Waals surface area contributed by atoms with Crippen molar-refractivity contribution in [2.45, 2.75) is 25.7 Å². The molecule has 6 nitrogen and oxygen atoms in total. The predicted molar refractivity (Wildman–Crippen MR) is 67.1 cm³/mol. The van der Waals surface area contributed by atoms with Crippen LogP contribution in [0.3, 0.4) is 0 Å². The number of hydrogen-bond donors (Lipinski definition) is 2. The summed E-state index contributed by atoms with van der Waals surface area (Å²) in [7, 11) is 0. The summed E-state index contributed by atoms with van der Waals surface area (Å²) in [6.45, 7) is -0.0898. The summed E-state index contributed by atoms with van der Waals surface area (Å²) in [5.74, 6) is -5.22. The fourth-order valence-corrected chi connectivity index (χ4v) is 1.92. The molecule has 1 fully saturated rings. The summed E-state index contributed by atoms with van der Waals surface area (Å²) >= 11 is 0. The second-order valence-corrected chi connectivity index (χ2v) is 5.38. The zero-order chi connectivity index (χ0) is 17.0. The van der Waals surface area contributed by atoms with Crippen LogP contribution in [-0.4, -0.2) is 67.2 Å². The Labute approximate surface area is 124 Å². The van der Waals surface area contributed by atoms with E-state index in [1.165, 1.54) is 11.8 Å². The summed E-state index contributed by atoms with van der Waals surface area (Å²) < 4.78 is 53.1. The summed E-state index contributed by atoms with van der Waals surface area (Å²) in [6, 6.07) is -0.547. The smallest absolute Gasteiger partial charge is 0.330 e. The Hall–Kier alpha value is -1.58. The van der Waals surface area contributed by atoms with Crippen LogP contribution < -0.4 is 5.32 Å². The number of carboxylic acids is 1. The summed E-state index contributed by atoms with van der Waals surface area (Å²) in [6.07, 6.45) is -3.49. The molecule has 0 spiro atoms. The summed E-state index contributed by atoms with van der Waals surface area (Å²) in [4.78, 5) is 24.0. The first-order chi connectivity index (χ1) is 10.1. The number of ether oxygens (including phenoxy) is 1. The fraction of sp³-hybridized carbons (Fsp3) is 0.833. The fourth-order valence-electron chi connectivity index (χ4n) is 1.92. The van der Waals surface area contributed by atoms with E-state index in [2.05, 4.69) is 10.1 Å². The molecule has 22 heavy (non-hydrogen) atoms. The van der Waals surface area contributed by atoms with Crippen molar-refractivity contribution in [3.8, 4) is 0 Å². The number of urea groups is 1. The third-order valence-corrected chi connectivity index (χ3v) is 3.41. The van der Waals surface area contributed by atoms with E-state index in [4.69, 9.17) is 5.11 Å². The first-order valence-corrected chi connectivity index (χ1v) is 6.58. The lowest BCUT2D eigenvalue weighted by molar-refractivity contribution is -0.165.